The fraction of sp³-hybridized carbons (Fsp3) is 0.519. The summed E-state index contributed by atoms with van der Waals surface area (Å²) >= 11 is 0. The highest BCUT2D eigenvalue weighted by Gasteiger charge is 2.42. The van der Waals surface area contributed by atoms with E-state index in [4.69, 9.17) is 14.2 Å². The van der Waals surface area contributed by atoms with Crippen LogP contribution >= 0.6 is 0 Å². The van der Waals surface area contributed by atoms with Gasteiger partial charge in [0.2, 0.25) is 5.78 Å². The third-order valence-electron chi connectivity index (χ3n) is 7.55. The van der Waals surface area contributed by atoms with Gasteiger partial charge in [0.15, 0.2) is 24.2 Å². The Morgan fingerprint density at radius 2 is 1.79 bits per heavy atom. The third kappa shape index (κ3) is 4.36. The number of rotatable bonds is 6. The van der Waals surface area contributed by atoms with E-state index >= 15 is 0 Å². The number of nitrogens with zero attached hydrogens (tertiary/aromatic N) is 1. The second kappa shape index (κ2) is 9.28. The van der Waals surface area contributed by atoms with Crippen molar-refractivity contribution >= 4 is 17.5 Å². The molecule has 1 aromatic heterocycles. The number of hydrogen-bond acceptors (Lipinski definition) is 6. The molecule has 2 heterocycles. The summed E-state index contributed by atoms with van der Waals surface area (Å²) in [5, 5.41) is 0. The fourth-order valence-electron chi connectivity index (χ4n) is 5.73. The molecule has 3 aliphatic rings. The molecule has 2 aromatic rings. The van der Waals surface area contributed by atoms with E-state index in [2.05, 4.69) is 0 Å². The van der Waals surface area contributed by atoms with Crippen LogP contribution in [-0.4, -0.2) is 41.4 Å². The van der Waals surface area contributed by atoms with E-state index in [1.165, 1.54) is 0 Å². The van der Waals surface area contributed by atoms with Gasteiger partial charge in [-0.05, 0) is 57.7 Å². The SMILES string of the molecule is Cc1cc(C(=O)COC(=O)C2CC3CCCC(C2)C3=O)c(C)n1CC1COc2ccccc2O1. The Hall–Kier alpha value is -3.09. The van der Waals surface area contributed by atoms with Gasteiger partial charge in [-0.3, -0.25) is 14.4 Å². The Bertz CT molecular complexity index is 1100. The summed E-state index contributed by atoms with van der Waals surface area (Å²) in [4.78, 5) is 37.9. The normalized spacial score (nSPS) is 25.6. The highest BCUT2D eigenvalue weighted by atomic mass is 16.6. The molecule has 1 aliphatic heterocycles. The lowest BCUT2D eigenvalue weighted by atomic mass is 9.67. The van der Waals surface area contributed by atoms with Crippen LogP contribution < -0.4 is 9.47 Å². The predicted octanol–water partition coefficient (Wildman–Crippen LogP) is 4.07. The highest BCUT2D eigenvalue weighted by molar-refractivity contribution is 5.99. The third-order valence-corrected chi connectivity index (χ3v) is 7.55. The van der Waals surface area contributed by atoms with Crippen LogP contribution in [0.4, 0.5) is 0 Å². The van der Waals surface area contributed by atoms with E-state index in [9.17, 15) is 14.4 Å². The number of esters is 1. The molecular weight excluding hydrogens is 434 g/mol. The molecule has 2 saturated carbocycles. The first-order valence-corrected chi connectivity index (χ1v) is 12.2. The van der Waals surface area contributed by atoms with E-state index in [0.717, 1.165) is 42.1 Å². The van der Waals surface area contributed by atoms with Gasteiger partial charge >= 0.3 is 5.97 Å². The van der Waals surface area contributed by atoms with E-state index in [0.29, 0.717) is 37.3 Å². The molecule has 0 spiro atoms. The molecule has 2 aliphatic carbocycles. The number of Topliss-reactive ketones (excluding diaryl/α,β-unsaturated/α-hetero) is 2. The van der Waals surface area contributed by atoms with Crippen LogP contribution in [0.15, 0.2) is 30.3 Å². The second-order valence-corrected chi connectivity index (χ2v) is 9.82. The molecule has 3 atom stereocenters. The number of para-hydroxylation sites is 2. The highest BCUT2D eigenvalue weighted by Crippen LogP contribution is 2.40. The van der Waals surface area contributed by atoms with E-state index in [1.807, 2.05) is 48.7 Å². The van der Waals surface area contributed by atoms with Gasteiger partial charge in [0.05, 0.1) is 12.5 Å². The van der Waals surface area contributed by atoms with Crippen molar-refractivity contribution in [2.24, 2.45) is 17.8 Å². The van der Waals surface area contributed by atoms with Gasteiger partial charge in [-0.1, -0.05) is 18.6 Å². The van der Waals surface area contributed by atoms with Gasteiger partial charge in [-0.2, -0.15) is 0 Å². The zero-order valence-electron chi connectivity index (χ0n) is 19.7. The molecule has 2 fully saturated rings. The molecular formula is C27H31NO6. The lowest BCUT2D eigenvalue weighted by molar-refractivity contribution is -0.152. The number of fused-ring (bicyclic) bond motifs is 3. The number of carbonyl (C=O) groups is 3. The number of benzene rings is 1. The molecule has 0 radical (unpaired) electrons. The van der Waals surface area contributed by atoms with Crippen molar-refractivity contribution in [1.29, 1.82) is 0 Å². The van der Waals surface area contributed by atoms with Gasteiger partial charge < -0.3 is 18.8 Å². The second-order valence-electron chi connectivity index (χ2n) is 9.82. The van der Waals surface area contributed by atoms with Crippen LogP contribution in [0.25, 0.3) is 0 Å². The van der Waals surface area contributed by atoms with Crippen molar-refractivity contribution in [3.63, 3.8) is 0 Å². The van der Waals surface area contributed by atoms with Crippen molar-refractivity contribution in [3.05, 3.63) is 47.3 Å². The smallest absolute Gasteiger partial charge is 0.309 e. The number of aryl methyl sites for hydroxylation is 1. The quantitative estimate of drug-likeness (QED) is 0.472. The van der Waals surface area contributed by atoms with Crippen molar-refractivity contribution in [2.45, 2.75) is 58.6 Å². The Labute approximate surface area is 199 Å². The molecule has 0 N–H and O–H groups in total. The van der Waals surface area contributed by atoms with E-state index < -0.39 is 0 Å². The average Bonchev–Trinajstić information content (AvgIpc) is 3.10. The minimum absolute atomic E-state index is 0.0161. The molecule has 2 bridgehead atoms. The number of ketones is 2. The Morgan fingerprint density at radius 3 is 2.53 bits per heavy atom. The summed E-state index contributed by atoms with van der Waals surface area (Å²) in [5.41, 5.74) is 2.31. The maximum Gasteiger partial charge on any atom is 0.309 e. The molecule has 5 rings (SSSR count). The zero-order chi connectivity index (χ0) is 23.8. The Kier molecular flexibility index (Phi) is 6.19. The minimum Gasteiger partial charge on any atom is -0.486 e. The molecule has 7 heteroatoms. The van der Waals surface area contributed by atoms with Crippen molar-refractivity contribution in [2.75, 3.05) is 13.2 Å². The van der Waals surface area contributed by atoms with Crippen LogP contribution in [0.1, 0.15) is 53.8 Å². The topological polar surface area (TPSA) is 83.8 Å². The van der Waals surface area contributed by atoms with Crippen LogP contribution in [0, 0.1) is 31.6 Å². The average molecular weight is 466 g/mol. The maximum absolute atomic E-state index is 12.9. The summed E-state index contributed by atoms with van der Waals surface area (Å²) in [6, 6.07) is 9.43. The number of hydrogen-bond donors (Lipinski definition) is 0. The Balaban J connectivity index is 1.19. The zero-order valence-corrected chi connectivity index (χ0v) is 19.7. The number of aromatic nitrogens is 1. The lowest BCUT2D eigenvalue weighted by Gasteiger charge is -2.36. The first kappa shape index (κ1) is 22.7. The molecule has 0 amide bonds. The van der Waals surface area contributed by atoms with Gasteiger partial charge in [-0.15, -0.1) is 0 Å². The minimum atomic E-state index is -0.349. The largest absolute Gasteiger partial charge is 0.486 e. The van der Waals surface area contributed by atoms with Crippen LogP contribution in [-0.2, 0) is 20.9 Å². The maximum atomic E-state index is 12.9. The van der Waals surface area contributed by atoms with Crippen molar-refractivity contribution in [3.8, 4) is 11.5 Å². The Morgan fingerprint density at radius 1 is 1.09 bits per heavy atom. The van der Waals surface area contributed by atoms with Crippen molar-refractivity contribution in [1.82, 2.24) is 4.57 Å². The van der Waals surface area contributed by atoms with Gasteiger partial charge in [0.25, 0.3) is 0 Å². The van der Waals surface area contributed by atoms with Crippen LogP contribution in [0.3, 0.4) is 0 Å². The van der Waals surface area contributed by atoms with Crippen molar-refractivity contribution < 1.29 is 28.6 Å². The standard InChI is InChI=1S/C27H31NO6/c1-16-10-22(17(2)28(16)13-21-14-32-24-8-3-4-9-25(24)34-21)23(29)15-33-27(31)20-11-18-6-5-7-19(12-20)26(18)30/h3-4,8-10,18-21H,5-7,11-15H2,1-2H3. The van der Waals surface area contributed by atoms with Gasteiger partial charge in [0, 0.05) is 28.8 Å². The van der Waals surface area contributed by atoms with E-state index in [1.54, 1.807) is 0 Å². The summed E-state index contributed by atoms with van der Waals surface area (Å²) in [7, 11) is 0. The fourth-order valence-corrected chi connectivity index (χ4v) is 5.73. The van der Waals surface area contributed by atoms with Gasteiger partial charge in [0.1, 0.15) is 12.4 Å². The number of ether oxygens (including phenoxy) is 3. The predicted molar refractivity (Wildman–Crippen MR) is 124 cm³/mol. The lowest BCUT2D eigenvalue weighted by Crippen LogP contribution is -2.39. The summed E-state index contributed by atoms with van der Waals surface area (Å²) in [6.07, 6.45) is 3.74. The molecule has 0 saturated heterocycles. The molecule has 180 valence electrons. The number of carbonyl (C=O) groups excluding carboxylic acids is 3. The van der Waals surface area contributed by atoms with E-state index in [-0.39, 0.29) is 42.2 Å². The van der Waals surface area contributed by atoms with Crippen LogP contribution in [0.2, 0.25) is 0 Å². The summed E-state index contributed by atoms with van der Waals surface area (Å²) in [5.74, 6) is 0.898. The van der Waals surface area contributed by atoms with Gasteiger partial charge in [-0.25, -0.2) is 0 Å². The molecule has 3 unspecified atom stereocenters. The first-order valence-electron chi connectivity index (χ1n) is 12.2. The molecule has 1 aromatic carbocycles. The summed E-state index contributed by atoms with van der Waals surface area (Å²) in [6.45, 7) is 4.55. The summed E-state index contributed by atoms with van der Waals surface area (Å²) < 4.78 is 19.4. The van der Waals surface area contributed by atoms with Crippen LogP contribution in [0.5, 0.6) is 11.5 Å². The first-order chi connectivity index (χ1) is 16.4. The molecule has 7 nitrogen and oxygen atoms in total. The monoisotopic (exact) mass is 465 g/mol. The molecule has 34 heavy (non-hydrogen) atoms.